The molecule has 160 valence electrons. The molecule has 0 aromatic heterocycles. The van der Waals surface area contributed by atoms with E-state index in [1.54, 1.807) is 11.0 Å². The zero-order valence-electron chi connectivity index (χ0n) is 16.3. The number of benzene rings is 1. The monoisotopic (exact) mass is 411 g/mol. The van der Waals surface area contributed by atoms with E-state index in [1.807, 2.05) is 0 Å². The Labute approximate surface area is 168 Å². The van der Waals surface area contributed by atoms with Gasteiger partial charge in [-0.25, -0.2) is 0 Å². The van der Waals surface area contributed by atoms with E-state index in [1.165, 1.54) is 18.2 Å². The zero-order chi connectivity index (χ0) is 20.6. The molecule has 2 amide bonds. The Morgan fingerprint density at radius 1 is 1.21 bits per heavy atom. The van der Waals surface area contributed by atoms with Gasteiger partial charge in [0.05, 0.1) is 24.7 Å². The third-order valence-electron chi connectivity index (χ3n) is 5.24. The van der Waals surface area contributed by atoms with Crippen LogP contribution in [-0.4, -0.2) is 80.7 Å². The molecule has 1 aromatic carbocycles. The van der Waals surface area contributed by atoms with Crippen LogP contribution < -0.4 is 10.1 Å². The lowest BCUT2D eigenvalue weighted by Gasteiger charge is -2.32. The van der Waals surface area contributed by atoms with E-state index in [-0.39, 0.29) is 29.7 Å². The van der Waals surface area contributed by atoms with Gasteiger partial charge in [-0.1, -0.05) is 12.1 Å². The summed E-state index contributed by atoms with van der Waals surface area (Å²) < 4.78 is 35.0. The van der Waals surface area contributed by atoms with Crippen molar-refractivity contribution < 1.29 is 27.8 Å². The summed E-state index contributed by atoms with van der Waals surface area (Å²) in [7, 11) is 0. The average Bonchev–Trinajstić information content (AvgIpc) is 2.74. The highest BCUT2D eigenvalue weighted by molar-refractivity contribution is 5.97. The van der Waals surface area contributed by atoms with Gasteiger partial charge in [0.15, 0.2) is 0 Å². The lowest BCUT2D eigenvalue weighted by Crippen LogP contribution is -2.47. The minimum absolute atomic E-state index is 0.0760. The summed E-state index contributed by atoms with van der Waals surface area (Å²) in [6.07, 6.45) is 1.38. The Kier molecular flexibility index (Phi) is 7.76. The Morgan fingerprint density at radius 3 is 2.72 bits per heavy atom. The van der Waals surface area contributed by atoms with Crippen molar-refractivity contribution in [3.8, 4) is 5.75 Å². The van der Waals surface area contributed by atoms with Crippen LogP contribution in [0.1, 0.15) is 23.2 Å². The van der Waals surface area contributed by atoms with Gasteiger partial charge < -0.3 is 19.7 Å². The number of likely N-dealkylation sites (tertiary alicyclic amines) is 1. The Balaban J connectivity index is 1.53. The molecule has 2 aliphatic rings. The number of alkyl halides is 2. The van der Waals surface area contributed by atoms with Crippen molar-refractivity contribution in [3.63, 3.8) is 0 Å². The van der Waals surface area contributed by atoms with Crippen molar-refractivity contribution in [1.29, 1.82) is 0 Å². The number of hydrogen-bond acceptors (Lipinski definition) is 5. The lowest BCUT2D eigenvalue weighted by molar-refractivity contribution is -0.126. The van der Waals surface area contributed by atoms with Gasteiger partial charge in [-0.15, -0.1) is 0 Å². The van der Waals surface area contributed by atoms with Crippen LogP contribution in [0.5, 0.6) is 5.75 Å². The summed E-state index contributed by atoms with van der Waals surface area (Å²) in [4.78, 5) is 29.2. The summed E-state index contributed by atoms with van der Waals surface area (Å²) >= 11 is 0. The lowest BCUT2D eigenvalue weighted by atomic mass is 9.96. The molecular formula is C20H27F2N3O4. The molecule has 9 heteroatoms. The van der Waals surface area contributed by atoms with Crippen molar-refractivity contribution in [2.45, 2.75) is 19.5 Å². The van der Waals surface area contributed by atoms with Gasteiger partial charge in [0, 0.05) is 39.3 Å². The van der Waals surface area contributed by atoms with Crippen molar-refractivity contribution in [1.82, 2.24) is 15.1 Å². The smallest absolute Gasteiger partial charge is 0.387 e. The molecule has 2 saturated heterocycles. The van der Waals surface area contributed by atoms with Gasteiger partial charge in [0.2, 0.25) is 5.91 Å². The normalized spacial score (nSPS) is 20.5. The van der Waals surface area contributed by atoms with Crippen molar-refractivity contribution in [2.24, 2.45) is 5.92 Å². The molecule has 1 aromatic rings. The maximum Gasteiger partial charge on any atom is 0.387 e. The predicted octanol–water partition coefficient (Wildman–Crippen LogP) is 1.59. The van der Waals surface area contributed by atoms with Crippen LogP contribution in [-0.2, 0) is 9.53 Å². The summed E-state index contributed by atoms with van der Waals surface area (Å²) in [6.45, 7) is 2.22. The third-order valence-corrected chi connectivity index (χ3v) is 5.24. The molecule has 0 aliphatic carbocycles. The number of hydrogen-bond donors (Lipinski definition) is 1. The van der Waals surface area contributed by atoms with E-state index in [0.29, 0.717) is 39.1 Å². The second-order valence-electron chi connectivity index (χ2n) is 7.21. The van der Waals surface area contributed by atoms with E-state index in [0.717, 1.165) is 19.6 Å². The highest BCUT2D eigenvalue weighted by Gasteiger charge is 2.30. The number of para-hydroxylation sites is 1. The topological polar surface area (TPSA) is 71.1 Å². The van der Waals surface area contributed by atoms with Crippen molar-refractivity contribution >= 4 is 11.8 Å². The van der Waals surface area contributed by atoms with Crippen LogP contribution >= 0.6 is 0 Å². The standard InChI is InChI=1S/C20H27F2N3O4/c21-20(22)29-17-6-2-1-5-16(17)19(27)25-8-3-4-15(14-25)18(26)23-7-9-24-10-12-28-13-11-24/h1-2,5-6,15,20H,3-4,7-14H2,(H,23,26). The first-order valence-corrected chi connectivity index (χ1v) is 9.95. The minimum Gasteiger partial charge on any atom is -0.434 e. The molecule has 7 nitrogen and oxygen atoms in total. The highest BCUT2D eigenvalue weighted by Crippen LogP contribution is 2.25. The van der Waals surface area contributed by atoms with E-state index in [9.17, 15) is 18.4 Å². The van der Waals surface area contributed by atoms with Crippen LogP contribution in [0.4, 0.5) is 8.78 Å². The SMILES string of the molecule is O=C(NCCN1CCOCC1)C1CCCN(C(=O)c2ccccc2OC(F)F)C1. The Hall–Kier alpha value is -2.26. The first-order valence-electron chi connectivity index (χ1n) is 9.95. The first-order chi connectivity index (χ1) is 14.0. The first kappa shape index (κ1) is 21.4. The van der Waals surface area contributed by atoms with Gasteiger partial charge in [-0.2, -0.15) is 8.78 Å². The summed E-state index contributed by atoms with van der Waals surface area (Å²) in [5.41, 5.74) is 0.0844. The summed E-state index contributed by atoms with van der Waals surface area (Å²) in [5.74, 6) is -0.926. The number of rotatable bonds is 7. The molecule has 2 aliphatic heterocycles. The Bertz CT molecular complexity index is 698. The number of amides is 2. The fourth-order valence-corrected chi connectivity index (χ4v) is 3.69. The molecule has 1 N–H and O–H groups in total. The van der Waals surface area contributed by atoms with Gasteiger partial charge in [-0.05, 0) is 25.0 Å². The van der Waals surface area contributed by atoms with E-state index in [2.05, 4.69) is 15.0 Å². The van der Waals surface area contributed by atoms with Gasteiger partial charge in [0.1, 0.15) is 5.75 Å². The van der Waals surface area contributed by atoms with Crippen molar-refractivity contribution in [2.75, 3.05) is 52.5 Å². The fraction of sp³-hybridized carbons (Fsp3) is 0.600. The molecule has 3 rings (SSSR count). The van der Waals surface area contributed by atoms with Crippen molar-refractivity contribution in [3.05, 3.63) is 29.8 Å². The fourth-order valence-electron chi connectivity index (χ4n) is 3.69. The molecular weight excluding hydrogens is 384 g/mol. The maximum atomic E-state index is 12.8. The number of ether oxygens (including phenoxy) is 2. The number of nitrogens with zero attached hydrogens (tertiary/aromatic N) is 2. The largest absolute Gasteiger partial charge is 0.434 e. The number of carbonyl (C=O) groups is 2. The third kappa shape index (κ3) is 6.11. The maximum absolute atomic E-state index is 12.8. The molecule has 0 bridgehead atoms. The van der Waals surface area contributed by atoms with E-state index in [4.69, 9.17) is 4.74 Å². The van der Waals surface area contributed by atoms with Gasteiger partial charge >= 0.3 is 6.61 Å². The molecule has 0 spiro atoms. The Morgan fingerprint density at radius 2 is 1.97 bits per heavy atom. The number of piperidine rings is 1. The number of carbonyl (C=O) groups excluding carboxylic acids is 2. The summed E-state index contributed by atoms with van der Waals surface area (Å²) in [6, 6.07) is 5.95. The van der Waals surface area contributed by atoms with Crippen LogP contribution in [0.2, 0.25) is 0 Å². The van der Waals surface area contributed by atoms with E-state index < -0.39 is 12.5 Å². The molecule has 2 heterocycles. The van der Waals surface area contributed by atoms with Crippen LogP contribution in [0.15, 0.2) is 24.3 Å². The number of morpholine rings is 1. The van der Waals surface area contributed by atoms with Crippen LogP contribution in [0.3, 0.4) is 0 Å². The highest BCUT2D eigenvalue weighted by atomic mass is 19.3. The van der Waals surface area contributed by atoms with E-state index >= 15 is 0 Å². The predicted molar refractivity (Wildman–Crippen MR) is 102 cm³/mol. The minimum atomic E-state index is -3.00. The molecule has 1 unspecified atom stereocenters. The van der Waals surface area contributed by atoms with Gasteiger partial charge in [-0.3, -0.25) is 14.5 Å². The van der Waals surface area contributed by atoms with Gasteiger partial charge in [0.25, 0.3) is 5.91 Å². The molecule has 2 fully saturated rings. The summed E-state index contributed by atoms with van der Waals surface area (Å²) in [5, 5.41) is 2.95. The number of nitrogens with one attached hydrogen (secondary N) is 1. The second kappa shape index (κ2) is 10.5. The van der Waals surface area contributed by atoms with Crippen LogP contribution in [0.25, 0.3) is 0 Å². The molecule has 0 saturated carbocycles. The molecule has 29 heavy (non-hydrogen) atoms. The quantitative estimate of drug-likeness (QED) is 0.738. The van der Waals surface area contributed by atoms with Crippen LogP contribution in [0, 0.1) is 5.92 Å². The molecule has 0 radical (unpaired) electrons. The second-order valence-corrected chi connectivity index (χ2v) is 7.21. The molecule has 1 atom stereocenters. The average molecular weight is 411 g/mol. The number of halogens is 2. The zero-order valence-corrected chi connectivity index (χ0v) is 16.3.